The van der Waals surface area contributed by atoms with Gasteiger partial charge < -0.3 is 14.6 Å². The van der Waals surface area contributed by atoms with Gasteiger partial charge in [-0.05, 0) is 50.6 Å². The molecule has 1 aromatic heterocycles. The van der Waals surface area contributed by atoms with Gasteiger partial charge in [-0.1, -0.05) is 29.8 Å². The van der Waals surface area contributed by atoms with Crippen LogP contribution in [0.4, 0.5) is 0 Å². The van der Waals surface area contributed by atoms with Gasteiger partial charge in [0.15, 0.2) is 5.75 Å². The van der Waals surface area contributed by atoms with Crippen molar-refractivity contribution in [2.45, 2.75) is 32.4 Å². The molecule has 2 heterocycles. The highest BCUT2D eigenvalue weighted by Crippen LogP contribution is 2.18. The molecule has 0 bridgehead atoms. The minimum absolute atomic E-state index is 0.0264. The third-order valence-corrected chi connectivity index (χ3v) is 4.16. The van der Waals surface area contributed by atoms with E-state index < -0.39 is 0 Å². The fourth-order valence-electron chi connectivity index (χ4n) is 2.82. The number of benzene rings is 1. The Morgan fingerprint density at radius 1 is 1.18 bits per heavy atom. The normalized spacial score (nSPS) is 15.7. The van der Waals surface area contributed by atoms with Gasteiger partial charge in [0.1, 0.15) is 6.61 Å². The van der Waals surface area contributed by atoms with Crippen LogP contribution in [0.1, 0.15) is 30.0 Å². The third-order valence-electron chi connectivity index (χ3n) is 4.16. The molecular weight excluding hydrogens is 276 g/mol. The predicted molar refractivity (Wildman–Crippen MR) is 87.4 cm³/mol. The molecule has 0 amide bonds. The average molecular weight is 298 g/mol. The van der Waals surface area contributed by atoms with Crippen molar-refractivity contribution in [3.8, 4) is 5.75 Å². The topological polar surface area (TPSA) is 43.3 Å². The fraction of sp³-hybridized carbons (Fsp3) is 0.389. The molecule has 1 aliphatic heterocycles. The Morgan fingerprint density at radius 2 is 1.91 bits per heavy atom. The Morgan fingerprint density at radius 3 is 2.64 bits per heavy atom. The predicted octanol–water partition coefficient (Wildman–Crippen LogP) is 2.66. The van der Waals surface area contributed by atoms with Gasteiger partial charge >= 0.3 is 0 Å². The lowest BCUT2D eigenvalue weighted by Gasteiger charge is -2.25. The Balaban J connectivity index is 1.73. The maximum Gasteiger partial charge on any atom is 0.293 e. The van der Waals surface area contributed by atoms with E-state index in [1.165, 1.54) is 5.56 Å². The van der Waals surface area contributed by atoms with Crippen LogP contribution in [0, 0.1) is 6.92 Å². The second-order valence-electron chi connectivity index (χ2n) is 5.84. The summed E-state index contributed by atoms with van der Waals surface area (Å²) in [6.07, 6.45) is 3.85. The molecule has 4 nitrogen and oxygen atoms in total. The zero-order valence-corrected chi connectivity index (χ0v) is 12.9. The summed E-state index contributed by atoms with van der Waals surface area (Å²) < 4.78 is 7.57. The monoisotopic (exact) mass is 298 g/mol. The van der Waals surface area contributed by atoms with Crippen molar-refractivity contribution in [1.82, 2.24) is 9.88 Å². The Hall–Kier alpha value is -2.07. The van der Waals surface area contributed by atoms with Gasteiger partial charge in [0, 0.05) is 12.2 Å². The smallest absolute Gasteiger partial charge is 0.293 e. The molecule has 0 radical (unpaired) electrons. The lowest BCUT2D eigenvalue weighted by Crippen LogP contribution is -2.34. The number of nitrogens with one attached hydrogen (secondary N) is 1. The van der Waals surface area contributed by atoms with Crippen molar-refractivity contribution >= 4 is 0 Å². The molecule has 2 aromatic rings. The zero-order chi connectivity index (χ0) is 15.4. The summed E-state index contributed by atoms with van der Waals surface area (Å²) in [4.78, 5) is 12.6. The summed E-state index contributed by atoms with van der Waals surface area (Å²) in [6.45, 7) is 4.41. The van der Waals surface area contributed by atoms with E-state index in [9.17, 15) is 4.79 Å². The highest BCUT2D eigenvalue weighted by molar-refractivity contribution is 5.23. The molecule has 1 N–H and O–H groups in total. The molecule has 0 saturated carbocycles. The van der Waals surface area contributed by atoms with Crippen LogP contribution in [0.25, 0.3) is 0 Å². The van der Waals surface area contributed by atoms with Crippen molar-refractivity contribution < 1.29 is 4.74 Å². The van der Waals surface area contributed by atoms with E-state index in [1.54, 1.807) is 6.07 Å². The number of rotatable bonds is 4. The molecule has 1 fully saturated rings. The first-order valence-corrected chi connectivity index (χ1v) is 7.84. The van der Waals surface area contributed by atoms with Crippen LogP contribution in [-0.4, -0.2) is 17.7 Å². The molecule has 1 aromatic carbocycles. The van der Waals surface area contributed by atoms with Crippen LogP contribution in [0.2, 0.25) is 0 Å². The van der Waals surface area contributed by atoms with E-state index in [0.717, 1.165) is 31.5 Å². The van der Waals surface area contributed by atoms with Crippen LogP contribution in [0.5, 0.6) is 5.75 Å². The minimum Gasteiger partial charge on any atom is -0.483 e. The fourth-order valence-corrected chi connectivity index (χ4v) is 2.82. The molecule has 1 saturated heterocycles. The number of aryl methyl sites for hydroxylation is 1. The summed E-state index contributed by atoms with van der Waals surface area (Å²) in [6, 6.07) is 12.1. The van der Waals surface area contributed by atoms with Crippen LogP contribution in [-0.2, 0) is 6.61 Å². The van der Waals surface area contributed by atoms with E-state index in [2.05, 4.69) is 24.4 Å². The lowest BCUT2D eigenvalue weighted by atomic mass is 10.1. The number of piperidine rings is 1. The minimum atomic E-state index is -0.0264. The number of pyridine rings is 1. The van der Waals surface area contributed by atoms with Crippen LogP contribution < -0.4 is 15.6 Å². The molecule has 0 aliphatic carbocycles. The quantitative estimate of drug-likeness (QED) is 0.943. The van der Waals surface area contributed by atoms with Gasteiger partial charge in [-0.15, -0.1) is 0 Å². The molecule has 1 aliphatic rings. The van der Waals surface area contributed by atoms with Crippen molar-refractivity contribution in [2.75, 3.05) is 13.1 Å². The van der Waals surface area contributed by atoms with Gasteiger partial charge in [0.05, 0.1) is 0 Å². The molecular formula is C18H22N2O2. The number of nitrogens with zero attached hydrogens (tertiary/aromatic N) is 1. The summed E-state index contributed by atoms with van der Waals surface area (Å²) in [5.41, 5.74) is 2.26. The average Bonchev–Trinajstić information content (AvgIpc) is 2.56. The molecule has 0 spiro atoms. The van der Waals surface area contributed by atoms with Crippen LogP contribution in [0.3, 0.4) is 0 Å². The second-order valence-corrected chi connectivity index (χ2v) is 5.84. The zero-order valence-electron chi connectivity index (χ0n) is 12.9. The standard InChI is InChI=1S/C18H22N2O2/c1-14-4-6-15(7-5-14)13-22-17-3-2-12-20(18(17)21)16-8-10-19-11-9-16/h2-7,12,16,19H,8-11,13H2,1H3. The number of aromatic nitrogens is 1. The number of hydrogen-bond donors (Lipinski definition) is 1. The summed E-state index contributed by atoms with van der Waals surface area (Å²) >= 11 is 0. The molecule has 3 rings (SSSR count). The van der Waals surface area contributed by atoms with E-state index in [4.69, 9.17) is 4.74 Å². The summed E-state index contributed by atoms with van der Waals surface area (Å²) in [7, 11) is 0. The van der Waals surface area contributed by atoms with Gasteiger partial charge in [-0.2, -0.15) is 0 Å². The maximum absolute atomic E-state index is 12.6. The molecule has 0 atom stereocenters. The van der Waals surface area contributed by atoms with Crippen LogP contribution >= 0.6 is 0 Å². The van der Waals surface area contributed by atoms with Crippen molar-refractivity contribution in [2.24, 2.45) is 0 Å². The Kier molecular flexibility index (Phi) is 4.59. The van der Waals surface area contributed by atoms with Crippen molar-refractivity contribution in [3.05, 3.63) is 64.1 Å². The van der Waals surface area contributed by atoms with Crippen LogP contribution in [0.15, 0.2) is 47.4 Å². The maximum atomic E-state index is 12.6. The van der Waals surface area contributed by atoms with E-state index >= 15 is 0 Å². The molecule has 22 heavy (non-hydrogen) atoms. The SMILES string of the molecule is Cc1ccc(COc2cccn(C3CCNCC3)c2=O)cc1. The van der Waals surface area contributed by atoms with E-state index in [1.807, 2.05) is 29.0 Å². The Bertz CT molecular complexity index is 670. The van der Waals surface area contributed by atoms with Gasteiger partial charge in [-0.3, -0.25) is 4.79 Å². The van der Waals surface area contributed by atoms with E-state index in [0.29, 0.717) is 12.4 Å². The highest BCUT2D eigenvalue weighted by Gasteiger charge is 2.17. The van der Waals surface area contributed by atoms with Gasteiger partial charge in [-0.25, -0.2) is 0 Å². The van der Waals surface area contributed by atoms with Crippen molar-refractivity contribution in [3.63, 3.8) is 0 Å². The molecule has 4 heteroatoms. The second kappa shape index (κ2) is 6.79. The first-order valence-electron chi connectivity index (χ1n) is 7.84. The van der Waals surface area contributed by atoms with E-state index in [-0.39, 0.29) is 11.6 Å². The number of hydrogen-bond acceptors (Lipinski definition) is 3. The molecule has 0 unspecified atom stereocenters. The summed E-state index contributed by atoms with van der Waals surface area (Å²) in [5.74, 6) is 0.432. The first-order chi connectivity index (χ1) is 10.7. The molecule has 116 valence electrons. The Labute approximate surface area is 130 Å². The third kappa shape index (κ3) is 3.39. The largest absolute Gasteiger partial charge is 0.483 e. The summed E-state index contributed by atoms with van der Waals surface area (Å²) in [5, 5.41) is 3.32. The number of ether oxygens (including phenoxy) is 1. The highest BCUT2D eigenvalue weighted by atomic mass is 16.5. The van der Waals surface area contributed by atoms with Crippen molar-refractivity contribution in [1.29, 1.82) is 0 Å². The van der Waals surface area contributed by atoms with Gasteiger partial charge in [0.25, 0.3) is 5.56 Å². The lowest BCUT2D eigenvalue weighted by molar-refractivity contribution is 0.291. The van der Waals surface area contributed by atoms with Gasteiger partial charge in [0.2, 0.25) is 0 Å². The first kappa shape index (κ1) is 14.9.